The molecule has 4 aliphatic rings. The van der Waals surface area contributed by atoms with Gasteiger partial charge in [-0.25, -0.2) is 0 Å². The van der Waals surface area contributed by atoms with Crippen molar-refractivity contribution in [1.29, 1.82) is 0 Å². The Labute approximate surface area is 172 Å². The first-order valence-electron chi connectivity index (χ1n) is 12.1. The quantitative estimate of drug-likeness (QED) is 0.653. The van der Waals surface area contributed by atoms with E-state index in [0.717, 1.165) is 49.5 Å². The second-order valence-electron chi connectivity index (χ2n) is 11.3. The van der Waals surface area contributed by atoms with E-state index >= 15 is 0 Å². The maximum absolute atomic E-state index is 11.1. The molecule has 3 nitrogen and oxygen atoms in total. The summed E-state index contributed by atoms with van der Waals surface area (Å²) in [5.74, 6) is 4.17. The monoisotopic (exact) mass is 392 g/mol. The smallest absolute Gasteiger partial charge is 0.0883 e. The molecule has 162 valence electrons. The minimum Gasteiger partial charge on any atom is -0.387 e. The van der Waals surface area contributed by atoms with Crippen molar-refractivity contribution in [2.75, 3.05) is 27.4 Å². The van der Waals surface area contributed by atoms with Crippen molar-refractivity contribution in [3.63, 3.8) is 0 Å². The predicted octanol–water partition coefficient (Wildman–Crippen LogP) is 5.45. The van der Waals surface area contributed by atoms with Crippen LogP contribution in [0, 0.1) is 40.4 Å². The van der Waals surface area contributed by atoms with Crippen LogP contribution < -0.4 is 0 Å². The Morgan fingerprint density at radius 3 is 2.39 bits per heavy atom. The molecule has 4 fully saturated rings. The van der Waals surface area contributed by atoms with Crippen molar-refractivity contribution in [3.8, 4) is 0 Å². The number of rotatable bonds is 6. The molecule has 3 heteroatoms. The van der Waals surface area contributed by atoms with Crippen LogP contribution in [-0.4, -0.2) is 38.1 Å². The molecule has 4 saturated carbocycles. The highest BCUT2D eigenvalue weighted by atomic mass is 16.5. The molecule has 8 atom stereocenters. The fourth-order valence-corrected chi connectivity index (χ4v) is 9.01. The number of fused-ring (bicyclic) bond motifs is 5. The van der Waals surface area contributed by atoms with Gasteiger partial charge < -0.3 is 14.6 Å². The third-order valence-electron chi connectivity index (χ3n) is 10.2. The van der Waals surface area contributed by atoms with Crippen molar-refractivity contribution < 1.29 is 14.6 Å². The van der Waals surface area contributed by atoms with Crippen LogP contribution in [-0.2, 0) is 9.47 Å². The standard InChI is InChI=1S/C25H44O3/c1-5-6-18-8-10-21-20-9-7-19-15-24(26,16-27-3)13-14-25(19,17-28-4)22(20)11-12-23(18,21)2/h18-22,26H,5-17H2,1-4H3/t18-,19+,20-,21-,22-,23+,24+,25+/m0/s1. The van der Waals surface area contributed by atoms with E-state index in [9.17, 15) is 5.11 Å². The molecule has 0 aromatic heterocycles. The topological polar surface area (TPSA) is 38.7 Å². The van der Waals surface area contributed by atoms with Gasteiger partial charge in [-0.3, -0.25) is 0 Å². The van der Waals surface area contributed by atoms with Crippen molar-refractivity contribution in [2.45, 2.75) is 90.1 Å². The average molecular weight is 393 g/mol. The fraction of sp³-hybridized carbons (Fsp3) is 1.00. The van der Waals surface area contributed by atoms with Gasteiger partial charge in [-0.15, -0.1) is 0 Å². The molecule has 0 amide bonds. The Kier molecular flexibility index (Phi) is 5.92. The maximum atomic E-state index is 11.1. The van der Waals surface area contributed by atoms with Crippen molar-refractivity contribution in [2.24, 2.45) is 40.4 Å². The lowest BCUT2D eigenvalue weighted by atomic mass is 9.43. The zero-order valence-corrected chi connectivity index (χ0v) is 18.8. The Balaban J connectivity index is 1.59. The predicted molar refractivity (Wildman–Crippen MR) is 113 cm³/mol. The maximum Gasteiger partial charge on any atom is 0.0883 e. The summed E-state index contributed by atoms with van der Waals surface area (Å²) in [6.07, 6.45) is 14.1. The second-order valence-corrected chi connectivity index (χ2v) is 11.3. The van der Waals surface area contributed by atoms with Gasteiger partial charge >= 0.3 is 0 Å². The van der Waals surface area contributed by atoms with Crippen LogP contribution in [0.4, 0.5) is 0 Å². The first-order chi connectivity index (χ1) is 13.4. The molecule has 1 N–H and O–H groups in total. The molecule has 0 heterocycles. The van der Waals surface area contributed by atoms with Crippen LogP contribution in [0.5, 0.6) is 0 Å². The molecular formula is C25H44O3. The minimum absolute atomic E-state index is 0.293. The second kappa shape index (κ2) is 7.85. The summed E-state index contributed by atoms with van der Waals surface area (Å²) < 4.78 is 11.3. The van der Waals surface area contributed by atoms with E-state index in [4.69, 9.17) is 9.47 Å². The van der Waals surface area contributed by atoms with Crippen molar-refractivity contribution >= 4 is 0 Å². The lowest BCUT2D eigenvalue weighted by Crippen LogP contribution is -2.59. The van der Waals surface area contributed by atoms with Gasteiger partial charge in [0, 0.05) is 14.2 Å². The highest BCUT2D eigenvalue weighted by Gasteiger charge is 2.62. The summed E-state index contributed by atoms with van der Waals surface area (Å²) in [4.78, 5) is 0. The Morgan fingerprint density at radius 1 is 0.893 bits per heavy atom. The van der Waals surface area contributed by atoms with Crippen LogP contribution in [0.2, 0.25) is 0 Å². The number of methoxy groups -OCH3 is 2. The molecule has 4 rings (SSSR count). The molecule has 0 spiro atoms. The summed E-state index contributed by atoms with van der Waals surface area (Å²) in [6.45, 7) is 6.39. The van der Waals surface area contributed by atoms with Gasteiger partial charge in [0.1, 0.15) is 0 Å². The van der Waals surface area contributed by atoms with E-state index in [1.165, 1.54) is 51.4 Å². The summed E-state index contributed by atoms with van der Waals surface area (Å²) in [6, 6.07) is 0. The van der Waals surface area contributed by atoms with Crippen LogP contribution >= 0.6 is 0 Å². The third kappa shape index (κ3) is 3.19. The first-order valence-corrected chi connectivity index (χ1v) is 12.1. The lowest BCUT2D eigenvalue weighted by Gasteiger charge is -2.63. The van der Waals surface area contributed by atoms with E-state index in [1.807, 2.05) is 7.11 Å². The molecule has 0 aromatic rings. The number of hydrogen-bond acceptors (Lipinski definition) is 3. The van der Waals surface area contributed by atoms with E-state index < -0.39 is 5.60 Å². The van der Waals surface area contributed by atoms with Gasteiger partial charge in [0.25, 0.3) is 0 Å². The van der Waals surface area contributed by atoms with Crippen LogP contribution in [0.25, 0.3) is 0 Å². The summed E-state index contributed by atoms with van der Waals surface area (Å²) >= 11 is 0. The van der Waals surface area contributed by atoms with Gasteiger partial charge in [0.2, 0.25) is 0 Å². The molecule has 0 radical (unpaired) electrons. The SMILES string of the molecule is CCC[C@H]1CC[C@H]2[C@@H]3CC[C@@H]4C[C@@](O)(COC)CC[C@]4(COC)[C@H]3CC[C@]12C. The first kappa shape index (κ1) is 21.1. The van der Waals surface area contributed by atoms with Gasteiger partial charge in [0.15, 0.2) is 0 Å². The molecule has 0 bridgehead atoms. The summed E-state index contributed by atoms with van der Waals surface area (Å²) in [5, 5.41) is 11.1. The Hall–Kier alpha value is -0.120. The molecule has 4 aliphatic carbocycles. The molecule has 0 aromatic carbocycles. The Morgan fingerprint density at radius 2 is 1.68 bits per heavy atom. The number of ether oxygens (including phenoxy) is 2. The third-order valence-corrected chi connectivity index (χ3v) is 10.2. The van der Waals surface area contributed by atoms with Crippen LogP contribution in [0.1, 0.15) is 84.5 Å². The van der Waals surface area contributed by atoms with Crippen molar-refractivity contribution in [3.05, 3.63) is 0 Å². The van der Waals surface area contributed by atoms with E-state index in [0.29, 0.717) is 23.4 Å². The van der Waals surface area contributed by atoms with E-state index in [-0.39, 0.29) is 0 Å². The molecule has 28 heavy (non-hydrogen) atoms. The average Bonchev–Trinajstić information content (AvgIpc) is 2.99. The normalized spacial score (nSPS) is 50.7. The molecule has 0 unspecified atom stereocenters. The van der Waals surface area contributed by atoms with Crippen molar-refractivity contribution in [1.82, 2.24) is 0 Å². The summed E-state index contributed by atoms with van der Waals surface area (Å²) in [5.41, 5.74) is 0.262. The summed E-state index contributed by atoms with van der Waals surface area (Å²) in [7, 11) is 3.62. The van der Waals surface area contributed by atoms with Crippen LogP contribution in [0.15, 0.2) is 0 Å². The number of hydrogen-bond donors (Lipinski definition) is 1. The number of aliphatic hydroxyl groups is 1. The zero-order valence-electron chi connectivity index (χ0n) is 18.8. The van der Waals surface area contributed by atoms with Gasteiger partial charge in [-0.1, -0.05) is 26.7 Å². The van der Waals surface area contributed by atoms with Gasteiger partial charge in [0.05, 0.1) is 18.8 Å². The zero-order chi connectivity index (χ0) is 20.0. The highest BCUT2D eigenvalue weighted by Crippen LogP contribution is 2.68. The lowest BCUT2D eigenvalue weighted by molar-refractivity contribution is -0.186. The molecule has 0 aliphatic heterocycles. The fourth-order valence-electron chi connectivity index (χ4n) is 9.01. The minimum atomic E-state index is -0.619. The van der Waals surface area contributed by atoms with Gasteiger partial charge in [-0.2, -0.15) is 0 Å². The van der Waals surface area contributed by atoms with E-state index in [2.05, 4.69) is 13.8 Å². The van der Waals surface area contributed by atoms with Crippen LogP contribution in [0.3, 0.4) is 0 Å². The molecule has 0 saturated heterocycles. The Bertz CT molecular complexity index is 550. The largest absolute Gasteiger partial charge is 0.387 e. The van der Waals surface area contributed by atoms with Gasteiger partial charge in [-0.05, 0) is 98.2 Å². The van der Waals surface area contributed by atoms with E-state index in [1.54, 1.807) is 7.11 Å². The highest BCUT2D eigenvalue weighted by molar-refractivity contribution is 5.11. The molecular weight excluding hydrogens is 348 g/mol.